The Morgan fingerprint density at radius 3 is 2.94 bits per heavy atom. The van der Waals surface area contributed by atoms with Gasteiger partial charge in [-0.1, -0.05) is 23.7 Å². The molecule has 2 aromatic rings. The van der Waals surface area contributed by atoms with E-state index in [-0.39, 0.29) is 0 Å². The smallest absolute Gasteiger partial charge is 0.228 e. The van der Waals surface area contributed by atoms with E-state index in [0.29, 0.717) is 24.0 Å². The fraction of sp³-hybridized carbons (Fsp3) is 0.455. The second-order valence-electron chi connectivity index (χ2n) is 3.75. The molecule has 0 aromatic carbocycles. The van der Waals surface area contributed by atoms with Crippen LogP contribution in [0, 0.1) is 0 Å². The van der Waals surface area contributed by atoms with Crippen molar-refractivity contribution in [3.63, 3.8) is 0 Å². The molecule has 96 valence electrons. The van der Waals surface area contributed by atoms with E-state index in [1.165, 1.54) is 6.33 Å². The number of halogens is 1. The minimum Gasteiger partial charge on any atom is -0.369 e. The van der Waals surface area contributed by atoms with Crippen molar-refractivity contribution in [1.29, 1.82) is 0 Å². The van der Waals surface area contributed by atoms with Gasteiger partial charge < -0.3 is 9.84 Å². The molecule has 0 spiro atoms. The Labute approximate surface area is 110 Å². The molecule has 0 bridgehead atoms. The van der Waals surface area contributed by atoms with Crippen LogP contribution in [0.4, 0.5) is 5.82 Å². The number of rotatable bonds is 6. The Morgan fingerprint density at radius 2 is 2.22 bits per heavy atom. The molecule has 0 saturated heterocycles. The lowest BCUT2D eigenvalue weighted by atomic mass is 10.3. The van der Waals surface area contributed by atoms with Crippen molar-refractivity contribution >= 4 is 17.4 Å². The van der Waals surface area contributed by atoms with Gasteiger partial charge in [0, 0.05) is 25.5 Å². The maximum Gasteiger partial charge on any atom is 0.228 e. The molecule has 0 unspecified atom stereocenters. The van der Waals surface area contributed by atoms with Gasteiger partial charge in [-0.25, -0.2) is 9.97 Å². The average molecular weight is 268 g/mol. The van der Waals surface area contributed by atoms with Crippen molar-refractivity contribution in [3.05, 3.63) is 29.3 Å². The number of hydrogen-bond acceptors (Lipinski definition) is 6. The highest BCUT2D eigenvalue weighted by molar-refractivity contribution is 6.29. The first kappa shape index (κ1) is 12.8. The monoisotopic (exact) mass is 267 g/mol. The SMILES string of the molecule is CCCc1nc(Cl)cc(NCCc2ncno2)n1. The van der Waals surface area contributed by atoms with Crippen LogP contribution in [0.1, 0.15) is 25.1 Å². The van der Waals surface area contributed by atoms with Gasteiger partial charge in [-0.2, -0.15) is 4.98 Å². The summed E-state index contributed by atoms with van der Waals surface area (Å²) in [5.74, 6) is 2.07. The molecule has 0 fully saturated rings. The molecule has 2 rings (SSSR count). The highest BCUT2D eigenvalue weighted by Gasteiger charge is 2.03. The number of aryl methyl sites for hydroxylation is 1. The molecular weight excluding hydrogens is 254 g/mol. The van der Waals surface area contributed by atoms with Crippen LogP contribution in [0.5, 0.6) is 0 Å². The van der Waals surface area contributed by atoms with E-state index >= 15 is 0 Å². The van der Waals surface area contributed by atoms with Crippen LogP contribution in [0.3, 0.4) is 0 Å². The van der Waals surface area contributed by atoms with E-state index in [4.69, 9.17) is 16.1 Å². The molecule has 1 N–H and O–H groups in total. The minimum atomic E-state index is 0.453. The molecular formula is C11H14ClN5O. The summed E-state index contributed by atoms with van der Waals surface area (Å²) in [5, 5.41) is 7.15. The maximum atomic E-state index is 5.93. The predicted molar refractivity (Wildman–Crippen MR) is 67.5 cm³/mol. The van der Waals surface area contributed by atoms with Crippen LogP contribution in [0.15, 0.2) is 16.9 Å². The first-order valence-corrected chi connectivity index (χ1v) is 6.18. The molecule has 0 aliphatic rings. The van der Waals surface area contributed by atoms with Crippen LogP contribution in [-0.2, 0) is 12.8 Å². The zero-order valence-electron chi connectivity index (χ0n) is 10.1. The third-order valence-electron chi connectivity index (χ3n) is 2.27. The van der Waals surface area contributed by atoms with Crippen molar-refractivity contribution in [1.82, 2.24) is 20.1 Å². The van der Waals surface area contributed by atoms with Crippen molar-refractivity contribution < 1.29 is 4.52 Å². The molecule has 0 radical (unpaired) electrons. The highest BCUT2D eigenvalue weighted by Crippen LogP contribution is 2.12. The van der Waals surface area contributed by atoms with Crippen molar-refractivity contribution in [2.45, 2.75) is 26.2 Å². The van der Waals surface area contributed by atoms with E-state index < -0.39 is 0 Å². The zero-order valence-corrected chi connectivity index (χ0v) is 10.8. The second-order valence-corrected chi connectivity index (χ2v) is 4.14. The summed E-state index contributed by atoms with van der Waals surface area (Å²) in [6, 6.07) is 1.70. The number of nitrogens with zero attached hydrogens (tertiary/aromatic N) is 4. The molecule has 7 heteroatoms. The molecule has 0 saturated carbocycles. The van der Waals surface area contributed by atoms with E-state index in [9.17, 15) is 0 Å². The van der Waals surface area contributed by atoms with Gasteiger partial charge in [0.1, 0.15) is 16.8 Å². The summed E-state index contributed by atoms with van der Waals surface area (Å²) in [6.45, 7) is 2.73. The fourth-order valence-electron chi connectivity index (χ4n) is 1.49. The van der Waals surface area contributed by atoms with Gasteiger partial charge in [0.2, 0.25) is 5.89 Å². The zero-order chi connectivity index (χ0) is 12.8. The van der Waals surface area contributed by atoms with Crippen LogP contribution >= 0.6 is 11.6 Å². The predicted octanol–water partition coefficient (Wildman–Crippen LogP) is 2.12. The first-order valence-electron chi connectivity index (χ1n) is 5.81. The van der Waals surface area contributed by atoms with Gasteiger partial charge in [0.15, 0.2) is 6.33 Å². The fourth-order valence-corrected chi connectivity index (χ4v) is 1.70. The standard InChI is InChI=1S/C11H14ClN5O/c1-2-3-9-16-8(12)6-10(17-9)13-5-4-11-14-7-15-18-11/h6-7H,2-5H2,1H3,(H,13,16,17). The van der Waals surface area contributed by atoms with E-state index in [0.717, 1.165) is 24.5 Å². The molecule has 6 nitrogen and oxygen atoms in total. The summed E-state index contributed by atoms with van der Waals surface area (Å²) < 4.78 is 4.90. The van der Waals surface area contributed by atoms with Gasteiger partial charge in [-0.3, -0.25) is 0 Å². The average Bonchev–Trinajstić information content (AvgIpc) is 2.82. The van der Waals surface area contributed by atoms with Crippen LogP contribution in [-0.4, -0.2) is 26.7 Å². The molecule has 0 amide bonds. The Balaban J connectivity index is 1.92. The van der Waals surface area contributed by atoms with E-state index in [2.05, 4.69) is 32.3 Å². The summed E-state index contributed by atoms with van der Waals surface area (Å²) in [6.07, 6.45) is 3.83. The topological polar surface area (TPSA) is 76.7 Å². The number of anilines is 1. The third kappa shape index (κ3) is 3.66. The van der Waals surface area contributed by atoms with Gasteiger partial charge in [0.25, 0.3) is 0 Å². The lowest BCUT2D eigenvalue weighted by Gasteiger charge is -2.06. The molecule has 0 atom stereocenters. The molecule has 0 aliphatic carbocycles. The molecule has 2 heterocycles. The third-order valence-corrected chi connectivity index (χ3v) is 2.46. The summed E-state index contributed by atoms with van der Waals surface area (Å²) in [5.41, 5.74) is 0. The Bertz CT molecular complexity index is 488. The van der Waals surface area contributed by atoms with Gasteiger partial charge in [0.05, 0.1) is 0 Å². The summed E-state index contributed by atoms with van der Waals surface area (Å²) in [4.78, 5) is 12.5. The lowest BCUT2D eigenvalue weighted by molar-refractivity contribution is 0.379. The van der Waals surface area contributed by atoms with Crippen molar-refractivity contribution in [3.8, 4) is 0 Å². The first-order chi connectivity index (χ1) is 8.78. The summed E-state index contributed by atoms with van der Waals surface area (Å²) >= 11 is 5.93. The minimum absolute atomic E-state index is 0.453. The number of hydrogen-bond donors (Lipinski definition) is 1. The molecule has 2 aromatic heterocycles. The van der Waals surface area contributed by atoms with Gasteiger partial charge in [-0.15, -0.1) is 0 Å². The molecule has 0 aliphatic heterocycles. The highest BCUT2D eigenvalue weighted by atomic mass is 35.5. The van der Waals surface area contributed by atoms with Gasteiger partial charge >= 0.3 is 0 Å². The van der Waals surface area contributed by atoms with Crippen LogP contribution in [0.2, 0.25) is 5.15 Å². The quantitative estimate of drug-likeness (QED) is 0.808. The number of aromatic nitrogens is 4. The van der Waals surface area contributed by atoms with Crippen LogP contribution < -0.4 is 5.32 Å². The maximum absolute atomic E-state index is 5.93. The summed E-state index contributed by atoms with van der Waals surface area (Å²) in [7, 11) is 0. The molecule has 18 heavy (non-hydrogen) atoms. The number of nitrogens with one attached hydrogen (secondary N) is 1. The van der Waals surface area contributed by atoms with Crippen molar-refractivity contribution in [2.24, 2.45) is 0 Å². The lowest BCUT2D eigenvalue weighted by Crippen LogP contribution is -2.08. The second kappa shape index (κ2) is 6.30. The Kier molecular flexibility index (Phi) is 4.46. The largest absolute Gasteiger partial charge is 0.369 e. The Hall–Kier alpha value is -1.69. The van der Waals surface area contributed by atoms with Crippen LogP contribution in [0.25, 0.3) is 0 Å². The normalized spacial score (nSPS) is 10.6. The van der Waals surface area contributed by atoms with E-state index in [1.807, 2.05) is 0 Å². The van der Waals surface area contributed by atoms with E-state index in [1.54, 1.807) is 6.07 Å². The Morgan fingerprint density at radius 1 is 1.33 bits per heavy atom. The van der Waals surface area contributed by atoms with Crippen molar-refractivity contribution in [2.75, 3.05) is 11.9 Å². The van der Waals surface area contributed by atoms with Gasteiger partial charge in [-0.05, 0) is 6.42 Å².